The first kappa shape index (κ1) is 20.3. The number of piperidine rings is 1. The standard InChI is InChI=1S/C21H31N3O2/c1-15(2)20(26-19-8-6-5-7-18(19)12-22)21(25)23-9-10-24-13-16(3)11-17(4)14-24/h5-8,15-17,20H,9-11,13-14H2,1-4H3,(H,23,25). The summed E-state index contributed by atoms with van der Waals surface area (Å²) < 4.78 is 5.89. The lowest BCUT2D eigenvalue weighted by Gasteiger charge is -2.35. The number of likely N-dealkylation sites (tertiary alicyclic amines) is 1. The summed E-state index contributed by atoms with van der Waals surface area (Å²) in [5.74, 6) is 1.78. The van der Waals surface area contributed by atoms with Gasteiger partial charge in [-0.25, -0.2) is 0 Å². The molecule has 1 amide bonds. The highest BCUT2D eigenvalue weighted by Gasteiger charge is 2.26. The zero-order valence-electron chi connectivity index (χ0n) is 16.4. The Kier molecular flexibility index (Phi) is 7.47. The number of benzene rings is 1. The first-order chi connectivity index (χ1) is 12.4. The Morgan fingerprint density at radius 1 is 1.31 bits per heavy atom. The van der Waals surface area contributed by atoms with Crippen molar-refractivity contribution in [1.82, 2.24) is 10.2 Å². The number of nitrogens with one attached hydrogen (secondary N) is 1. The molecule has 3 atom stereocenters. The summed E-state index contributed by atoms with van der Waals surface area (Å²) in [4.78, 5) is 15.0. The normalized spacial score (nSPS) is 21.8. The van der Waals surface area contributed by atoms with E-state index in [-0.39, 0.29) is 11.8 Å². The molecular weight excluding hydrogens is 326 g/mol. The molecule has 2 rings (SSSR count). The molecule has 5 nitrogen and oxygen atoms in total. The fourth-order valence-corrected chi connectivity index (χ4v) is 3.70. The molecule has 1 heterocycles. The molecule has 1 aliphatic rings. The molecule has 0 radical (unpaired) electrons. The number of carbonyl (C=O) groups excluding carboxylic acids is 1. The molecule has 5 heteroatoms. The van der Waals surface area contributed by atoms with Gasteiger partial charge in [-0.2, -0.15) is 5.26 Å². The van der Waals surface area contributed by atoms with Crippen molar-refractivity contribution in [1.29, 1.82) is 5.26 Å². The van der Waals surface area contributed by atoms with E-state index in [1.807, 2.05) is 19.9 Å². The maximum Gasteiger partial charge on any atom is 0.261 e. The number of rotatable bonds is 7. The zero-order valence-corrected chi connectivity index (χ0v) is 16.4. The molecule has 1 aromatic rings. The number of carbonyl (C=O) groups is 1. The summed E-state index contributed by atoms with van der Waals surface area (Å²) in [6, 6.07) is 9.14. The maximum absolute atomic E-state index is 12.6. The van der Waals surface area contributed by atoms with E-state index in [1.54, 1.807) is 18.2 Å². The minimum Gasteiger partial charge on any atom is -0.479 e. The second-order valence-electron chi connectivity index (χ2n) is 7.89. The molecule has 142 valence electrons. The number of nitriles is 1. The summed E-state index contributed by atoms with van der Waals surface area (Å²) in [5.41, 5.74) is 0.447. The lowest BCUT2D eigenvalue weighted by atomic mass is 9.92. The first-order valence-corrected chi connectivity index (χ1v) is 9.56. The third-order valence-electron chi connectivity index (χ3n) is 4.80. The molecule has 0 aromatic heterocycles. The molecule has 1 aliphatic heterocycles. The van der Waals surface area contributed by atoms with Crippen LogP contribution in [-0.4, -0.2) is 43.1 Å². The molecule has 0 saturated carbocycles. The Bertz CT molecular complexity index is 628. The van der Waals surface area contributed by atoms with Crippen molar-refractivity contribution in [3.05, 3.63) is 29.8 Å². The quantitative estimate of drug-likeness (QED) is 0.814. The van der Waals surface area contributed by atoms with Crippen molar-refractivity contribution in [2.24, 2.45) is 17.8 Å². The van der Waals surface area contributed by atoms with Crippen LogP contribution in [0, 0.1) is 29.1 Å². The predicted molar refractivity (Wildman–Crippen MR) is 103 cm³/mol. The van der Waals surface area contributed by atoms with Crippen molar-refractivity contribution >= 4 is 5.91 Å². The van der Waals surface area contributed by atoms with Crippen molar-refractivity contribution in [2.45, 2.75) is 40.2 Å². The van der Waals surface area contributed by atoms with Crippen LogP contribution in [0.25, 0.3) is 0 Å². The van der Waals surface area contributed by atoms with Gasteiger partial charge in [0.1, 0.15) is 11.8 Å². The van der Waals surface area contributed by atoms with Gasteiger partial charge in [0.15, 0.2) is 6.10 Å². The van der Waals surface area contributed by atoms with Crippen LogP contribution in [0.2, 0.25) is 0 Å². The minimum absolute atomic E-state index is 0.0109. The predicted octanol–water partition coefficient (Wildman–Crippen LogP) is 3.06. The van der Waals surface area contributed by atoms with Crippen molar-refractivity contribution in [3.8, 4) is 11.8 Å². The van der Waals surface area contributed by atoms with Gasteiger partial charge in [0.05, 0.1) is 5.56 Å². The zero-order chi connectivity index (χ0) is 19.1. The van der Waals surface area contributed by atoms with E-state index in [0.29, 0.717) is 29.7 Å². The summed E-state index contributed by atoms with van der Waals surface area (Å²) in [6.07, 6.45) is 0.674. The van der Waals surface area contributed by atoms with Crippen LogP contribution < -0.4 is 10.1 Å². The van der Waals surface area contributed by atoms with Crippen molar-refractivity contribution in [3.63, 3.8) is 0 Å². The maximum atomic E-state index is 12.6. The van der Waals surface area contributed by atoms with E-state index in [1.165, 1.54) is 6.42 Å². The molecule has 0 spiro atoms. The van der Waals surface area contributed by atoms with Gasteiger partial charge < -0.3 is 15.0 Å². The number of hydrogen-bond donors (Lipinski definition) is 1. The number of hydrogen-bond acceptors (Lipinski definition) is 4. The molecule has 1 saturated heterocycles. The van der Waals surface area contributed by atoms with Gasteiger partial charge in [0.2, 0.25) is 0 Å². The number of amides is 1. The molecule has 1 aromatic carbocycles. The number of para-hydroxylation sites is 1. The Morgan fingerprint density at radius 2 is 1.96 bits per heavy atom. The van der Waals surface area contributed by atoms with E-state index in [2.05, 4.69) is 30.1 Å². The van der Waals surface area contributed by atoms with Crippen LogP contribution in [0.15, 0.2) is 24.3 Å². The van der Waals surface area contributed by atoms with Crippen LogP contribution in [0.4, 0.5) is 0 Å². The second-order valence-corrected chi connectivity index (χ2v) is 7.89. The van der Waals surface area contributed by atoms with Crippen LogP contribution in [-0.2, 0) is 4.79 Å². The van der Waals surface area contributed by atoms with E-state index in [0.717, 1.165) is 19.6 Å². The van der Waals surface area contributed by atoms with Crippen LogP contribution in [0.5, 0.6) is 5.75 Å². The van der Waals surface area contributed by atoms with Gasteiger partial charge in [0, 0.05) is 26.2 Å². The monoisotopic (exact) mass is 357 g/mol. The minimum atomic E-state index is -0.608. The summed E-state index contributed by atoms with van der Waals surface area (Å²) >= 11 is 0. The summed E-state index contributed by atoms with van der Waals surface area (Å²) in [6.45, 7) is 12.2. The molecule has 0 aliphatic carbocycles. The van der Waals surface area contributed by atoms with E-state index >= 15 is 0 Å². The van der Waals surface area contributed by atoms with Gasteiger partial charge in [-0.3, -0.25) is 4.79 Å². The van der Waals surface area contributed by atoms with Gasteiger partial charge >= 0.3 is 0 Å². The van der Waals surface area contributed by atoms with Gasteiger partial charge in [0.25, 0.3) is 5.91 Å². The van der Waals surface area contributed by atoms with Crippen molar-refractivity contribution in [2.75, 3.05) is 26.2 Å². The van der Waals surface area contributed by atoms with Crippen molar-refractivity contribution < 1.29 is 9.53 Å². The molecule has 26 heavy (non-hydrogen) atoms. The largest absolute Gasteiger partial charge is 0.479 e. The average Bonchev–Trinajstić information content (AvgIpc) is 2.58. The SMILES string of the molecule is CC1CC(C)CN(CCNC(=O)C(Oc2ccccc2C#N)C(C)C)C1. The van der Waals surface area contributed by atoms with Gasteiger partial charge in [-0.15, -0.1) is 0 Å². The third kappa shape index (κ3) is 5.74. The first-order valence-electron chi connectivity index (χ1n) is 9.56. The Labute approximate surface area is 157 Å². The van der Waals surface area contributed by atoms with Crippen LogP contribution >= 0.6 is 0 Å². The average molecular weight is 357 g/mol. The lowest BCUT2D eigenvalue weighted by Crippen LogP contribution is -2.46. The summed E-state index contributed by atoms with van der Waals surface area (Å²) in [5, 5.41) is 12.2. The molecule has 0 bridgehead atoms. The molecule has 1 N–H and O–H groups in total. The number of nitrogens with zero attached hydrogens (tertiary/aromatic N) is 2. The van der Waals surface area contributed by atoms with Crippen LogP contribution in [0.1, 0.15) is 39.7 Å². The Hall–Kier alpha value is -2.06. The third-order valence-corrected chi connectivity index (χ3v) is 4.80. The topological polar surface area (TPSA) is 65.4 Å². The fourth-order valence-electron chi connectivity index (χ4n) is 3.70. The Morgan fingerprint density at radius 3 is 2.58 bits per heavy atom. The highest BCUT2D eigenvalue weighted by Crippen LogP contribution is 2.21. The smallest absolute Gasteiger partial charge is 0.261 e. The van der Waals surface area contributed by atoms with Gasteiger partial charge in [-0.1, -0.05) is 39.8 Å². The molecular formula is C21H31N3O2. The number of ether oxygens (including phenoxy) is 1. The van der Waals surface area contributed by atoms with Crippen LogP contribution in [0.3, 0.4) is 0 Å². The van der Waals surface area contributed by atoms with Gasteiger partial charge in [-0.05, 0) is 36.3 Å². The highest BCUT2D eigenvalue weighted by molar-refractivity contribution is 5.81. The van der Waals surface area contributed by atoms with E-state index < -0.39 is 6.10 Å². The molecule has 3 unspecified atom stereocenters. The van der Waals surface area contributed by atoms with E-state index in [4.69, 9.17) is 4.74 Å². The highest BCUT2D eigenvalue weighted by atomic mass is 16.5. The lowest BCUT2D eigenvalue weighted by molar-refractivity contribution is -0.129. The summed E-state index contributed by atoms with van der Waals surface area (Å²) in [7, 11) is 0. The fraction of sp³-hybridized carbons (Fsp3) is 0.619. The molecule has 1 fully saturated rings. The Balaban J connectivity index is 1.89. The second kappa shape index (κ2) is 9.59. The van der Waals surface area contributed by atoms with E-state index in [9.17, 15) is 10.1 Å².